The summed E-state index contributed by atoms with van der Waals surface area (Å²) in [6.07, 6.45) is 6.12. The van der Waals surface area contributed by atoms with Gasteiger partial charge in [0.2, 0.25) is 0 Å². The molecule has 0 aliphatic heterocycles. The summed E-state index contributed by atoms with van der Waals surface area (Å²) in [7, 11) is 3.52. The SMILES string of the molecule is CN=C(NCc1ccc(Br)c(F)c1)NCC1(CCOC)CCCC1.I. The molecule has 0 bridgehead atoms. The molecule has 25 heavy (non-hydrogen) atoms. The van der Waals surface area contributed by atoms with Crippen LogP contribution in [-0.4, -0.2) is 33.3 Å². The number of rotatable bonds is 7. The average molecular weight is 528 g/mol. The molecule has 0 heterocycles. The fourth-order valence-electron chi connectivity index (χ4n) is 3.29. The first kappa shape index (κ1) is 22.6. The molecule has 0 saturated heterocycles. The largest absolute Gasteiger partial charge is 0.385 e. The summed E-state index contributed by atoms with van der Waals surface area (Å²) in [5.41, 5.74) is 1.19. The molecule has 2 N–H and O–H groups in total. The van der Waals surface area contributed by atoms with Gasteiger partial charge in [0.25, 0.3) is 0 Å². The molecule has 4 nitrogen and oxygen atoms in total. The smallest absolute Gasteiger partial charge is 0.191 e. The number of halogens is 3. The summed E-state index contributed by atoms with van der Waals surface area (Å²) in [6.45, 7) is 2.23. The highest BCUT2D eigenvalue weighted by Crippen LogP contribution is 2.40. The quantitative estimate of drug-likeness (QED) is 0.312. The monoisotopic (exact) mass is 527 g/mol. The molecule has 0 amide bonds. The number of ether oxygens (including phenoxy) is 1. The molecule has 2 rings (SSSR count). The van der Waals surface area contributed by atoms with Gasteiger partial charge in [-0.2, -0.15) is 0 Å². The van der Waals surface area contributed by atoms with Gasteiger partial charge in [-0.1, -0.05) is 18.9 Å². The Labute approximate surface area is 175 Å². The molecule has 1 aromatic carbocycles. The summed E-state index contributed by atoms with van der Waals surface area (Å²) in [5.74, 6) is 0.503. The number of nitrogens with zero attached hydrogens (tertiary/aromatic N) is 1. The van der Waals surface area contributed by atoms with Crippen LogP contribution in [0.25, 0.3) is 0 Å². The van der Waals surface area contributed by atoms with E-state index in [4.69, 9.17) is 4.74 Å². The Morgan fingerprint density at radius 3 is 2.64 bits per heavy atom. The van der Waals surface area contributed by atoms with Crippen LogP contribution < -0.4 is 10.6 Å². The first-order valence-electron chi connectivity index (χ1n) is 8.46. The predicted octanol–water partition coefficient (Wildman–Crippen LogP) is 4.47. The van der Waals surface area contributed by atoms with Crippen molar-refractivity contribution in [1.29, 1.82) is 0 Å². The van der Waals surface area contributed by atoms with E-state index in [9.17, 15) is 4.39 Å². The fraction of sp³-hybridized carbons (Fsp3) is 0.611. The summed E-state index contributed by atoms with van der Waals surface area (Å²) in [5, 5.41) is 6.69. The molecular weight excluding hydrogens is 500 g/mol. The van der Waals surface area contributed by atoms with Crippen molar-refractivity contribution < 1.29 is 9.13 Å². The molecule has 0 radical (unpaired) electrons. The van der Waals surface area contributed by atoms with E-state index in [2.05, 4.69) is 31.6 Å². The number of methoxy groups -OCH3 is 1. The van der Waals surface area contributed by atoms with Gasteiger partial charge in [-0.25, -0.2) is 4.39 Å². The van der Waals surface area contributed by atoms with Crippen LogP contribution in [0, 0.1) is 11.2 Å². The van der Waals surface area contributed by atoms with Gasteiger partial charge in [0.05, 0.1) is 4.47 Å². The number of hydrogen-bond donors (Lipinski definition) is 2. The van der Waals surface area contributed by atoms with Crippen molar-refractivity contribution in [1.82, 2.24) is 10.6 Å². The molecule has 0 spiro atoms. The van der Waals surface area contributed by atoms with Gasteiger partial charge in [-0.05, 0) is 58.3 Å². The zero-order valence-corrected chi connectivity index (χ0v) is 18.8. The Hall–Kier alpha value is -0.410. The number of guanidine groups is 1. The normalized spacial score (nSPS) is 16.4. The van der Waals surface area contributed by atoms with Crippen LogP contribution in [0.5, 0.6) is 0 Å². The van der Waals surface area contributed by atoms with Gasteiger partial charge >= 0.3 is 0 Å². The second kappa shape index (κ2) is 11.3. The lowest BCUT2D eigenvalue weighted by Crippen LogP contribution is -2.43. The maximum atomic E-state index is 13.6. The van der Waals surface area contributed by atoms with E-state index in [1.807, 2.05) is 6.07 Å². The number of benzene rings is 1. The van der Waals surface area contributed by atoms with Gasteiger partial charge in [0, 0.05) is 33.9 Å². The highest BCUT2D eigenvalue weighted by atomic mass is 127. The lowest BCUT2D eigenvalue weighted by molar-refractivity contribution is 0.138. The minimum Gasteiger partial charge on any atom is -0.385 e. The van der Waals surface area contributed by atoms with Crippen molar-refractivity contribution in [3.05, 3.63) is 34.1 Å². The minimum absolute atomic E-state index is 0. The molecular formula is C18H28BrFIN3O. The number of aliphatic imine (C=N–C) groups is 1. The standard InChI is InChI=1S/C18H27BrFN3O.HI/c1-21-17(22-12-14-5-6-15(19)16(20)11-14)23-13-18(9-10-24-2)7-3-4-8-18;/h5-6,11H,3-4,7-10,12-13H2,1-2H3,(H2,21,22,23);1H. The van der Waals surface area contributed by atoms with E-state index in [1.54, 1.807) is 20.2 Å². The molecule has 1 aliphatic carbocycles. The Kier molecular flexibility index (Phi) is 10.3. The van der Waals surface area contributed by atoms with Crippen molar-refractivity contribution in [3.63, 3.8) is 0 Å². The second-order valence-electron chi connectivity index (χ2n) is 6.48. The first-order valence-corrected chi connectivity index (χ1v) is 9.25. The maximum Gasteiger partial charge on any atom is 0.191 e. The third-order valence-electron chi connectivity index (χ3n) is 4.80. The van der Waals surface area contributed by atoms with E-state index < -0.39 is 0 Å². The van der Waals surface area contributed by atoms with Crippen molar-refractivity contribution in [2.45, 2.75) is 38.6 Å². The molecule has 1 aromatic rings. The molecule has 1 fully saturated rings. The van der Waals surface area contributed by atoms with E-state index in [0.717, 1.165) is 31.1 Å². The predicted molar refractivity (Wildman–Crippen MR) is 115 cm³/mol. The van der Waals surface area contributed by atoms with Gasteiger partial charge in [-0.3, -0.25) is 4.99 Å². The summed E-state index contributed by atoms with van der Waals surface area (Å²) in [6, 6.07) is 5.15. The van der Waals surface area contributed by atoms with Crippen molar-refractivity contribution in [2.75, 3.05) is 27.3 Å². The third-order valence-corrected chi connectivity index (χ3v) is 5.44. The van der Waals surface area contributed by atoms with E-state index >= 15 is 0 Å². The van der Waals surface area contributed by atoms with Gasteiger partial charge in [-0.15, -0.1) is 24.0 Å². The molecule has 0 aromatic heterocycles. The van der Waals surface area contributed by atoms with Gasteiger partial charge in [0.1, 0.15) is 5.82 Å². The van der Waals surface area contributed by atoms with Crippen molar-refractivity contribution >= 4 is 45.9 Å². The van der Waals surface area contributed by atoms with Crippen LogP contribution in [-0.2, 0) is 11.3 Å². The minimum atomic E-state index is -0.248. The van der Waals surface area contributed by atoms with Crippen molar-refractivity contribution in [3.8, 4) is 0 Å². The molecule has 0 unspecified atom stereocenters. The number of hydrogen-bond acceptors (Lipinski definition) is 2. The average Bonchev–Trinajstić information content (AvgIpc) is 3.05. The Bertz CT molecular complexity index is 565. The van der Waals surface area contributed by atoms with Crippen LogP contribution in [0.2, 0.25) is 0 Å². The highest BCUT2D eigenvalue weighted by molar-refractivity contribution is 14.0. The Morgan fingerprint density at radius 1 is 1.32 bits per heavy atom. The van der Waals surface area contributed by atoms with E-state index in [1.165, 1.54) is 31.7 Å². The van der Waals surface area contributed by atoms with Crippen molar-refractivity contribution in [2.24, 2.45) is 10.4 Å². The Balaban J connectivity index is 0.00000312. The van der Waals surface area contributed by atoms with Crippen LogP contribution in [0.15, 0.2) is 27.7 Å². The molecule has 7 heteroatoms. The molecule has 1 aliphatic rings. The zero-order chi connectivity index (χ0) is 17.4. The summed E-state index contributed by atoms with van der Waals surface area (Å²) >= 11 is 3.17. The van der Waals surface area contributed by atoms with Gasteiger partial charge < -0.3 is 15.4 Å². The Morgan fingerprint density at radius 2 is 2.04 bits per heavy atom. The zero-order valence-electron chi connectivity index (χ0n) is 14.9. The van der Waals surface area contributed by atoms with Gasteiger partial charge in [0.15, 0.2) is 5.96 Å². The molecule has 142 valence electrons. The first-order chi connectivity index (χ1) is 11.6. The molecule has 0 atom stereocenters. The summed E-state index contributed by atoms with van der Waals surface area (Å²) in [4.78, 5) is 4.28. The maximum absolute atomic E-state index is 13.6. The van der Waals surface area contributed by atoms with Crippen LogP contribution in [0.3, 0.4) is 0 Å². The summed E-state index contributed by atoms with van der Waals surface area (Å²) < 4.78 is 19.3. The van der Waals surface area contributed by atoms with E-state index in [0.29, 0.717) is 16.4 Å². The number of nitrogens with one attached hydrogen (secondary N) is 2. The van der Waals surface area contributed by atoms with E-state index in [-0.39, 0.29) is 29.8 Å². The van der Waals surface area contributed by atoms with Crippen LogP contribution in [0.1, 0.15) is 37.7 Å². The lowest BCUT2D eigenvalue weighted by atomic mass is 9.83. The lowest BCUT2D eigenvalue weighted by Gasteiger charge is -2.30. The van der Waals surface area contributed by atoms with Crippen LogP contribution >= 0.6 is 39.9 Å². The molecule has 1 saturated carbocycles. The van der Waals surface area contributed by atoms with Crippen LogP contribution in [0.4, 0.5) is 4.39 Å². The highest BCUT2D eigenvalue weighted by Gasteiger charge is 2.33. The third kappa shape index (κ3) is 7.02. The second-order valence-corrected chi connectivity index (χ2v) is 7.33. The fourth-order valence-corrected chi connectivity index (χ4v) is 3.53. The topological polar surface area (TPSA) is 45.7 Å².